The van der Waals surface area contributed by atoms with Crippen LogP contribution in [0.5, 0.6) is 5.75 Å². The van der Waals surface area contributed by atoms with Gasteiger partial charge in [-0.15, -0.1) is 0 Å². The smallest absolute Gasteiger partial charge is 0.273 e. The number of hydrogen-bond donors (Lipinski definition) is 2. The van der Waals surface area contributed by atoms with Gasteiger partial charge in [0.1, 0.15) is 11.4 Å². The van der Waals surface area contributed by atoms with Crippen LogP contribution in [0.15, 0.2) is 54.6 Å². The Kier molecular flexibility index (Phi) is 6.14. The van der Waals surface area contributed by atoms with E-state index in [-0.39, 0.29) is 5.91 Å². The van der Waals surface area contributed by atoms with Gasteiger partial charge in [0.15, 0.2) is 0 Å². The Morgan fingerprint density at radius 1 is 1.20 bits per heavy atom. The van der Waals surface area contributed by atoms with Crippen molar-refractivity contribution in [3.05, 3.63) is 65.9 Å². The lowest BCUT2D eigenvalue weighted by Gasteiger charge is -2.33. The van der Waals surface area contributed by atoms with E-state index in [9.17, 15) is 4.79 Å². The first-order chi connectivity index (χ1) is 14.6. The fraction of sp³-hybridized carbons (Fsp3) is 0.333. The molecule has 0 aliphatic carbocycles. The maximum Gasteiger partial charge on any atom is 0.273 e. The molecule has 0 radical (unpaired) electrons. The lowest BCUT2D eigenvalue weighted by Crippen LogP contribution is -2.36. The Morgan fingerprint density at radius 3 is 2.80 bits per heavy atom. The summed E-state index contributed by atoms with van der Waals surface area (Å²) in [6, 6.07) is 18.0. The molecular weight excluding hydrogens is 376 g/mol. The molecule has 0 spiro atoms. The molecule has 2 aromatic carbocycles. The summed E-state index contributed by atoms with van der Waals surface area (Å²) in [7, 11) is 1.63. The van der Waals surface area contributed by atoms with Crippen molar-refractivity contribution >= 4 is 11.6 Å². The third-order valence-electron chi connectivity index (χ3n) is 5.72. The molecular formula is C24H28N4O2. The van der Waals surface area contributed by atoms with Crippen LogP contribution in [0.3, 0.4) is 0 Å². The van der Waals surface area contributed by atoms with E-state index in [0.717, 1.165) is 35.8 Å². The average Bonchev–Trinajstić information content (AvgIpc) is 3.26. The van der Waals surface area contributed by atoms with Crippen LogP contribution < -0.4 is 10.1 Å². The van der Waals surface area contributed by atoms with Crippen molar-refractivity contribution in [3.63, 3.8) is 0 Å². The number of likely N-dealkylation sites (tertiary alicyclic amines) is 1. The molecule has 1 amide bonds. The van der Waals surface area contributed by atoms with Gasteiger partial charge in [-0.05, 0) is 74.3 Å². The van der Waals surface area contributed by atoms with Crippen LogP contribution in [0.1, 0.15) is 42.2 Å². The van der Waals surface area contributed by atoms with Gasteiger partial charge in [0.25, 0.3) is 5.91 Å². The molecule has 1 aliphatic rings. The summed E-state index contributed by atoms with van der Waals surface area (Å²) < 4.78 is 5.18. The molecule has 0 saturated carbocycles. The van der Waals surface area contributed by atoms with Gasteiger partial charge in [0.05, 0.1) is 12.8 Å². The van der Waals surface area contributed by atoms with E-state index in [1.54, 1.807) is 13.2 Å². The molecule has 30 heavy (non-hydrogen) atoms. The maximum atomic E-state index is 12.7. The van der Waals surface area contributed by atoms with Gasteiger partial charge < -0.3 is 10.1 Å². The Labute approximate surface area is 177 Å². The summed E-state index contributed by atoms with van der Waals surface area (Å²) in [5.41, 5.74) is 4.07. The number of aromatic amines is 1. The monoisotopic (exact) mass is 404 g/mol. The van der Waals surface area contributed by atoms with Gasteiger partial charge in [-0.25, -0.2) is 0 Å². The van der Waals surface area contributed by atoms with Crippen molar-refractivity contribution in [1.29, 1.82) is 0 Å². The lowest BCUT2D eigenvalue weighted by molar-refractivity contribution is 0.102. The highest BCUT2D eigenvalue weighted by molar-refractivity contribution is 6.03. The molecule has 1 aromatic heterocycles. The molecule has 156 valence electrons. The second kappa shape index (κ2) is 9.13. The van der Waals surface area contributed by atoms with Crippen molar-refractivity contribution < 1.29 is 9.53 Å². The molecule has 0 unspecified atom stereocenters. The van der Waals surface area contributed by atoms with Crippen molar-refractivity contribution in [1.82, 2.24) is 15.1 Å². The number of H-pyrrole nitrogens is 1. The van der Waals surface area contributed by atoms with Gasteiger partial charge in [0, 0.05) is 23.8 Å². The summed E-state index contributed by atoms with van der Waals surface area (Å²) in [6.45, 7) is 4.35. The average molecular weight is 405 g/mol. The Morgan fingerprint density at radius 2 is 2.03 bits per heavy atom. The minimum atomic E-state index is -0.203. The topological polar surface area (TPSA) is 70.2 Å². The number of amides is 1. The normalized spacial score (nSPS) is 16.9. The Bertz CT molecular complexity index is 996. The van der Waals surface area contributed by atoms with E-state index in [0.29, 0.717) is 11.7 Å². The summed E-state index contributed by atoms with van der Waals surface area (Å²) in [5, 5.41) is 10.1. The molecule has 6 nitrogen and oxygen atoms in total. The van der Waals surface area contributed by atoms with Crippen molar-refractivity contribution in [3.8, 4) is 17.0 Å². The highest BCUT2D eigenvalue weighted by atomic mass is 16.5. The highest BCUT2D eigenvalue weighted by Gasteiger charge is 2.18. The number of methoxy groups -OCH3 is 1. The molecule has 2 N–H and O–H groups in total. The largest absolute Gasteiger partial charge is 0.497 e. The summed E-state index contributed by atoms with van der Waals surface area (Å²) in [6.07, 6.45) is 3.83. The van der Waals surface area contributed by atoms with Crippen LogP contribution in [0.2, 0.25) is 0 Å². The molecule has 1 aliphatic heterocycles. The van der Waals surface area contributed by atoms with E-state index < -0.39 is 0 Å². The number of hydrogen-bond acceptors (Lipinski definition) is 4. The molecule has 1 atom stereocenters. The molecule has 4 rings (SSSR count). The zero-order chi connectivity index (χ0) is 20.9. The van der Waals surface area contributed by atoms with Gasteiger partial charge in [-0.1, -0.05) is 18.6 Å². The number of ether oxygens (including phenoxy) is 1. The van der Waals surface area contributed by atoms with Crippen LogP contribution in [0.4, 0.5) is 5.69 Å². The number of carbonyl (C=O) groups excluding carboxylic acids is 1. The van der Waals surface area contributed by atoms with E-state index in [1.807, 2.05) is 36.4 Å². The minimum Gasteiger partial charge on any atom is -0.497 e. The van der Waals surface area contributed by atoms with E-state index in [2.05, 4.69) is 39.5 Å². The van der Waals surface area contributed by atoms with Crippen molar-refractivity contribution in [2.45, 2.75) is 38.8 Å². The lowest BCUT2D eigenvalue weighted by atomic mass is 10.0. The number of aromatic nitrogens is 2. The number of nitrogens with one attached hydrogen (secondary N) is 2. The number of piperidine rings is 1. The van der Waals surface area contributed by atoms with Gasteiger partial charge >= 0.3 is 0 Å². The molecule has 3 aromatic rings. The zero-order valence-corrected chi connectivity index (χ0v) is 17.5. The second-order valence-electron chi connectivity index (χ2n) is 7.87. The van der Waals surface area contributed by atoms with Crippen LogP contribution in [0.25, 0.3) is 11.3 Å². The zero-order valence-electron chi connectivity index (χ0n) is 17.5. The molecule has 1 saturated heterocycles. The first-order valence-electron chi connectivity index (χ1n) is 10.5. The van der Waals surface area contributed by atoms with Gasteiger partial charge in [-0.3, -0.25) is 14.8 Å². The van der Waals surface area contributed by atoms with E-state index in [4.69, 9.17) is 4.74 Å². The molecule has 1 fully saturated rings. The number of rotatable bonds is 6. The van der Waals surface area contributed by atoms with E-state index in [1.165, 1.54) is 24.8 Å². The van der Waals surface area contributed by atoms with Gasteiger partial charge in [0.2, 0.25) is 0 Å². The number of anilines is 1. The highest BCUT2D eigenvalue weighted by Crippen LogP contribution is 2.23. The Balaban J connectivity index is 1.42. The summed E-state index contributed by atoms with van der Waals surface area (Å²) in [5.74, 6) is 0.580. The predicted molar refractivity (Wildman–Crippen MR) is 119 cm³/mol. The SMILES string of the molecule is COc1ccc(-c2cc(C(=O)Nc3cccc(CN4CCCC[C@H]4C)c3)[nH]n2)cc1. The molecule has 6 heteroatoms. The third-order valence-corrected chi connectivity index (χ3v) is 5.72. The fourth-order valence-electron chi connectivity index (χ4n) is 3.92. The fourth-order valence-corrected chi connectivity index (χ4v) is 3.92. The van der Waals surface area contributed by atoms with E-state index >= 15 is 0 Å². The predicted octanol–water partition coefficient (Wildman–Crippen LogP) is 4.71. The summed E-state index contributed by atoms with van der Waals surface area (Å²) in [4.78, 5) is 15.2. The van der Waals surface area contributed by atoms with Crippen LogP contribution in [0, 0.1) is 0 Å². The first-order valence-corrected chi connectivity index (χ1v) is 10.5. The minimum absolute atomic E-state index is 0.203. The molecule has 0 bridgehead atoms. The number of benzene rings is 2. The molecule has 2 heterocycles. The third kappa shape index (κ3) is 4.71. The van der Waals surface area contributed by atoms with Crippen molar-refractivity contribution in [2.75, 3.05) is 19.0 Å². The maximum absolute atomic E-state index is 12.7. The second-order valence-corrected chi connectivity index (χ2v) is 7.87. The van der Waals surface area contributed by atoms with Crippen LogP contribution in [-0.2, 0) is 6.54 Å². The van der Waals surface area contributed by atoms with Crippen LogP contribution in [-0.4, -0.2) is 40.7 Å². The Hall–Kier alpha value is -3.12. The van der Waals surface area contributed by atoms with Gasteiger partial charge in [-0.2, -0.15) is 5.10 Å². The quantitative estimate of drug-likeness (QED) is 0.624. The standard InChI is InChI=1S/C24H28N4O2/c1-17-6-3-4-13-28(17)16-18-7-5-8-20(14-18)25-24(29)23-15-22(26-27-23)19-9-11-21(30-2)12-10-19/h5,7-12,14-15,17H,3-4,6,13,16H2,1-2H3,(H,25,29)(H,26,27)/t17-/m1/s1. The number of carbonyl (C=O) groups is 1. The van der Waals surface area contributed by atoms with Crippen molar-refractivity contribution in [2.24, 2.45) is 0 Å². The summed E-state index contributed by atoms with van der Waals surface area (Å²) >= 11 is 0. The first kappa shape index (κ1) is 20.2. The number of nitrogens with zero attached hydrogens (tertiary/aromatic N) is 2. The van der Waals surface area contributed by atoms with Crippen LogP contribution >= 0.6 is 0 Å².